The van der Waals surface area contributed by atoms with Crippen molar-refractivity contribution in [3.05, 3.63) is 69.3 Å². The van der Waals surface area contributed by atoms with Gasteiger partial charge in [0.15, 0.2) is 0 Å². The van der Waals surface area contributed by atoms with Crippen molar-refractivity contribution in [2.75, 3.05) is 6.61 Å². The van der Waals surface area contributed by atoms with Gasteiger partial charge in [0.25, 0.3) is 0 Å². The second-order valence-corrected chi connectivity index (χ2v) is 13.3. The molecule has 3 nitrogen and oxygen atoms in total. The molecule has 0 aromatic heterocycles. The number of allylic oxidation sites excluding steroid dienone is 3. The molecule has 0 spiro atoms. The first-order valence-corrected chi connectivity index (χ1v) is 19.1. The van der Waals surface area contributed by atoms with Gasteiger partial charge in [-0.3, -0.25) is 0 Å². The molecule has 0 unspecified atom stereocenters. The molecule has 256 valence electrons. The number of ether oxygens (including phenoxy) is 1. The van der Waals surface area contributed by atoms with Crippen LogP contribution >= 0.6 is 0 Å². The van der Waals surface area contributed by atoms with Gasteiger partial charge < -0.3 is 4.74 Å². The van der Waals surface area contributed by atoms with E-state index in [4.69, 9.17) is 4.74 Å². The summed E-state index contributed by atoms with van der Waals surface area (Å²) in [5.74, 6) is 0.713. The number of hydrogen-bond donors (Lipinski definition) is 0. The topological polar surface area (TPSA) is 56.8 Å². The normalized spacial score (nSPS) is 11.8. The van der Waals surface area contributed by atoms with Crippen LogP contribution in [0.1, 0.15) is 176 Å². The molecule has 2 aromatic carbocycles. The highest BCUT2D eigenvalue weighted by Gasteiger charge is 2.18. The Morgan fingerprint density at radius 3 is 1.66 bits per heavy atom. The van der Waals surface area contributed by atoms with Gasteiger partial charge in [-0.05, 0) is 110 Å². The largest absolute Gasteiger partial charge is 0.493 e. The third-order valence-electron chi connectivity index (χ3n) is 9.37. The fourth-order valence-electron chi connectivity index (χ4n) is 6.41. The summed E-state index contributed by atoms with van der Waals surface area (Å²) in [6.45, 7) is 13.8. The van der Waals surface area contributed by atoms with E-state index in [-0.39, 0.29) is 0 Å². The first-order chi connectivity index (χ1) is 23.0. The van der Waals surface area contributed by atoms with Crippen LogP contribution in [0.3, 0.4) is 0 Å². The first-order valence-electron chi connectivity index (χ1n) is 19.1. The van der Waals surface area contributed by atoms with Crippen LogP contribution in [-0.4, -0.2) is 6.61 Å². The standard InChI is InChI=1S/C44H64N2O/c1-7-12-16-20-24-37-29-40(38(28-35(37)6)25-21-17-13-8-2)30-41(34-46)42-32-44(47-27-23-19-15-10-4)43(36(11-5)33-45)31-39(42)26-22-18-14-9-3/h11,28-32H,7-10,12-27H2,1-6H3/b36-11+,41-30+. The number of nitriles is 2. The molecule has 0 aliphatic carbocycles. The van der Waals surface area contributed by atoms with Crippen LogP contribution in [-0.2, 0) is 19.3 Å². The van der Waals surface area contributed by atoms with Gasteiger partial charge in [0.1, 0.15) is 5.75 Å². The summed E-state index contributed by atoms with van der Waals surface area (Å²) in [4.78, 5) is 0. The molecule has 0 saturated carbocycles. The molecule has 47 heavy (non-hydrogen) atoms. The average molecular weight is 637 g/mol. The van der Waals surface area contributed by atoms with E-state index in [0.717, 1.165) is 61.6 Å². The molecule has 2 rings (SSSR count). The van der Waals surface area contributed by atoms with E-state index in [1.807, 2.05) is 13.0 Å². The van der Waals surface area contributed by atoms with Crippen LogP contribution in [0.15, 0.2) is 30.3 Å². The molecule has 0 aliphatic rings. The molecule has 0 heterocycles. The maximum atomic E-state index is 10.7. The van der Waals surface area contributed by atoms with Crippen molar-refractivity contribution in [2.45, 2.75) is 164 Å². The molecule has 3 heteroatoms. The van der Waals surface area contributed by atoms with Gasteiger partial charge in [0, 0.05) is 5.56 Å². The smallest absolute Gasteiger partial charge is 0.128 e. The van der Waals surface area contributed by atoms with Gasteiger partial charge in [-0.25, -0.2) is 0 Å². The highest BCUT2D eigenvalue weighted by Crippen LogP contribution is 2.35. The highest BCUT2D eigenvalue weighted by atomic mass is 16.5. The monoisotopic (exact) mass is 637 g/mol. The minimum Gasteiger partial charge on any atom is -0.493 e. The third kappa shape index (κ3) is 13.8. The van der Waals surface area contributed by atoms with Gasteiger partial charge in [-0.15, -0.1) is 0 Å². The quantitative estimate of drug-likeness (QED) is 0.0654. The minimum atomic E-state index is 0.609. The minimum absolute atomic E-state index is 0.609. The zero-order valence-electron chi connectivity index (χ0n) is 30.9. The van der Waals surface area contributed by atoms with Crippen LogP contribution in [0, 0.1) is 29.6 Å². The molecule has 0 atom stereocenters. The molecule has 0 bridgehead atoms. The van der Waals surface area contributed by atoms with Crippen LogP contribution in [0.2, 0.25) is 0 Å². The van der Waals surface area contributed by atoms with Crippen molar-refractivity contribution in [1.82, 2.24) is 0 Å². The molecule has 0 radical (unpaired) electrons. The Labute approximate surface area is 289 Å². The Hall–Kier alpha value is -3.30. The van der Waals surface area contributed by atoms with E-state index in [0.29, 0.717) is 23.5 Å². The van der Waals surface area contributed by atoms with E-state index in [1.54, 1.807) is 0 Å². The molecule has 2 aromatic rings. The van der Waals surface area contributed by atoms with Gasteiger partial charge in [-0.1, -0.05) is 123 Å². The lowest BCUT2D eigenvalue weighted by Gasteiger charge is -2.18. The van der Waals surface area contributed by atoms with Gasteiger partial charge in [0.2, 0.25) is 0 Å². The maximum absolute atomic E-state index is 10.7. The van der Waals surface area contributed by atoms with Crippen molar-refractivity contribution >= 4 is 17.2 Å². The van der Waals surface area contributed by atoms with Gasteiger partial charge >= 0.3 is 0 Å². The Morgan fingerprint density at radius 1 is 0.596 bits per heavy atom. The molecular weight excluding hydrogens is 572 g/mol. The highest BCUT2D eigenvalue weighted by molar-refractivity contribution is 5.93. The summed E-state index contributed by atoms with van der Waals surface area (Å²) in [6.07, 6.45) is 25.9. The Kier molecular flexibility index (Phi) is 20.3. The number of nitrogens with zero attached hydrogens (tertiary/aromatic N) is 2. The summed E-state index contributed by atoms with van der Waals surface area (Å²) in [5.41, 5.74) is 9.54. The number of aryl methyl sites for hydroxylation is 4. The van der Waals surface area contributed by atoms with E-state index >= 15 is 0 Å². The predicted octanol–water partition coefficient (Wildman–Crippen LogP) is 13.3. The van der Waals surface area contributed by atoms with Crippen molar-refractivity contribution < 1.29 is 4.74 Å². The summed E-state index contributed by atoms with van der Waals surface area (Å²) < 4.78 is 6.42. The van der Waals surface area contributed by atoms with E-state index < -0.39 is 0 Å². The number of hydrogen-bond acceptors (Lipinski definition) is 3. The maximum Gasteiger partial charge on any atom is 0.128 e. The summed E-state index contributed by atoms with van der Waals surface area (Å²) in [5, 5.41) is 20.8. The Balaban J connectivity index is 2.70. The van der Waals surface area contributed by atoms with Crippen LogP contribution < -0.4 is 4.74 Å². The van der Waals surface area contributed by atoms with Crippen LogP contribution in [0.25, 0.3) is 17.2 Å². The SMILES string of the molecule is C/C=C(\C#N)c1cc(CCCCCC)c(/C(C#N)=C/c2cc(CCCCCC)c(C)cc2CCCCCC)cc1OCCCCCC. The lowest BCUT2D eigenvalue weighted by atomic mass is 9.88. The van der Waals surface area contributed by atoms with Crippen molar-refractivity contribution in [3.63, 3.8) is 0 Å². The lowest BCUT2D eigenvalue weighted by Crippen LogP contribution is -2.04. The summed E-state index contributed by atoms with van der Waals surface area (Å²) in [6, 6.07) is 14.0. The average Bonchev–Trinajstić information content (AvgIpc) is 3.08. The first kappa shape index (κ1) is 39.9. The zero-order chi connectivity index (χ0) is 34.3. The van der Waals surface area contributed by atoms with Crippen molar-refractivity contribution in [3.8, 4) is 17.9 Å². The van der Waals surface area contributed by atoms with E-state index in [9.17, 15) is 10.5 Å². The van der Waals surface area contributed by atoms with Gasteiger partial charge in [-0.2, -0.15) is 10.5 Å². The van der Waals surface area contributed by atoms with Crippen molar-refractivity contribution in [2.24, 2.45) is 0 Å². The summed E-state index contributed by atoms with van der Waals surface area (Å²) in [7, 11) is 0. The lowest BCUT2D eigenvalue weighted by molar-refractivity contribution is 0.304. The number of rotatable bonds is 24. The second-order valence-electron chi connectivity index (χ2n) is 13.3. The molecular formula is C44H64N2O. The second kappa shape index (κ2) is 23.9. The third-order valence-corrected chi connectivity index (χ3v) is 9.37. The fourth-order valence-corrected chi connectivity index (χ4v) is 6.41. The molecule has 0 amide bonds. The zero-order valence-corrected chi connectivity index (χ0v) is 30.9. The molecule has 0 N–H and O–H groups in total. The predicted molar refractivity (Wildman–Crippen MR) is 204 cm³/mol. The Bertz CT molecular complexity index is 1350. The van der Waals surface area contributed by atoms with Crippen LogP contribution in [0.5, 0.6) is 5.75 Å². The van der Waals surface area contributed by atoms with E-state index in [1.165, 1.54) is 99.3 Å². The molecule has 0 fully saturated rings. The van der Waals surface area contributed by atoms with Crippen molar-refractivity contribution in [1.29, 1.82) is 10.5 Å². The number of unbranched alkanes of at least 4 members (excludes halogenated alkanes) is 12. The Morgan fingerprint density at radius 2 is 1.13 bits per heavy atom. The number of benzene rings is 2. The van der Waals surface area contributed by atoms with E-state index in [2.05, 4.69) is 77.1 Å². The fraction of sp³-hybridized carbons (Fsp3) is 0.591. The van der Waals surface area contributed by atoms with Gasteiger partial charge in [0.05, 0.1) is 29.9 Å². The molecule has 0 saturated heterocycles. The van der Waals surface area contributed by atoms with Crippen LogP contribution in [0.4, 0.5) is 0 Å². The summed E-state index contributed by atoms with van der Waals surface area (Å²) >= 11 is 0. The molecule has 0 aliphatic heterocycles.